The molecule has 2 aliphatic rings. The molecule has 0 bridgehead atoms. The van der Waals surface area contributed by atoms with E-state index in [1.807, 2.05) is 26.8 Å². The van der Waals surface area contributed by atoms with Crippen molar-refractivity contribution < 1.29 is 41.4 Å². The van der Waals surface area contributed by atoms with E-state index in [9.17, 15) is 27.2 Å². The molecule has 0 radical (unpaired) electrons. The number of benzene rings is 3. The second-order valence-electron chi connectivity index (χ2n) is 15.9. The minimum absolute atomic E-state index is 0.0867. The number of alkyl carbamates (subject to hydrolysis) is 1. The first kappa shape index (κ1) is 42.8. The Bertz CT molecular complexity index is 2370. The summed E-state index contributed by atoms with van der Waals surface area (Å²) in [5.74, 6) is -0.886. The summed E-state index contributed by atoms with van der Waals surface area (Å²) in [6, 6.07) is 18.6. The first-order chi connectivity index (χ1) is 29.1. The van der Waals surface area contributed by atoms with Gasteiger partial charge in [-0.25, -0.2) is 37.7 Å². The average molecular weight is 864 g/mol. The number of halogens is 5. The van der Waals surface area contributed by atoms with Gasteiger partial charge in [-0.15, -0.1) is 0 Å². The molecule has 320 valence electrons. The third-order valence-corrected chi connectivity index (χ3v) is 10.4. The number of aliphatic imine (C=N–C) groups is 1. The Hall–Kier alpha value is -6.30. The van der Waals surface area contributed by atoms with Gasteiger partial charge in [0.1, 0.15) is 25.9 Å². The number of rotatable bonds is 14. The molecule has 0 saturated heterocycles. The van der Waals surface area contributed by atoms with Crippen molar-refractivity contribution in [1.82, 2.24) is 39.7 Å². The van der Waals surface area contributed by atoms with E-state index in [1.54, 1.807) is 66.7 Å². The Morgan fingerprint density at radius 1 is 0.984 bits per heavy atom. The molecule has 3 amide bonds. The Morgan fingerprint density at radius 3 is 2.34 bits per heavy atom. The van der Waals surface area contributed by atoms with Gasteiger partial charge in [-0.3, -0.25) is 19.9 Å². The Balaban J connectivity index is 1.33. The van der Waals surface area contributed by atoms with Crippen LogP contribution >= 0.6 is 11.6 Å². The molecule has 2 aromatic heterocycles. The average Bonchev–Trinajstić information content (AvgIpc) is 3.56. The lowest BCUT2D eigenvalue weighted by atomic mass is 9.75. The molecular formula is C42H42ClF4N9O5. The fourth-order valence-corrected chi connectivity index (χ4v) is 7.42. The summed E-state index contributed by atoms with van der Waals surface area (Å²) in [5.41, 5.74) is 0.387. The van der Waals surface area contributed by atoms with Crippen LogP contribution in [0.3, 0.4) is 0 Å². The standard InChI is InChI=1S/C42H42ClF4N9O5/c1-41(2,3)23-42(30-12-9-27(10-13-30)29-18-49-54(19-29)37(46)47)36(57)56(38(52-42)51-39(58)60-21-26-7-5-4-6-8-26)34(22-61-40(59)53(20-35(44)45)31-14-15-31)28-11-16-32(43)33(17-28)55-25-48-24-50-55/h4-13,16-19,24-25,31,34-35,37H,14-15,20-23H2,1-3H3,(H,51,52,58). The number of carbonyl (C=O) groups excluding carboxylic acids is 3. The maximum atomic E-state index is 15.6. The van der Waals surface area contributed by atoms with E-state index in [4.69, 9.17) is 26.1 Å². The van der Waals surface area contributed by atoms with Gasteiger partial charge in [0.2, 0.25) is 5.96 Å². The van der Waals surface area contributed by atoms with Gasteiger partial charge in [0, 0.05) is 17.8 Å². The molecule has 1 fully saturated rings. The molecule has 2 unspecified atom stereocenters. The predicted octanol–water partition coefficient (Wildman–Crippen LogP) is 8.54. The molecule has 2 atom stereocenters. The monoisotopic (exact) mass is 863 g/mol. The highest BCUT2D eigenvalue weighted by Gasteiger charge is 2.54. The summed E-state index contributed by atoms with van der Waals surface area (Å²) in [6.45, 7) is 1.35. The minimum atomic E-state index is -2.84. The Morgan fingerprint density at radius 2 is 1.72 bits per heavy atom. The number of guanidine groups is 1. The fraction of sp³-hybridized carbons (Fsp3) is 0.357. The molecule has 1 saturated carbocycles. The molecule has 3 aromatic carbocycles. The lowest BCUT2D eigenvalue weighted by Gasteiger charge is -2.35. The van der Waals surface area contributed by atoms with Gasteiger partial charge in [0.05, 0.1) is 29.5 Å². The number of hydrogen-bond acceptors (Lipinski definition) is 9. The van der Waals surface area contributed by atoms with Crippen LogP contribution in [0.15, 0.2) is 103 Å². The van der Waals surface area contributed by atoms with Crippen molar-refractivity contribution >= 4 is 35.7 Å². The summed E-state index contributed by atoms with van der Waals surface area (Å²) in [5, 5.41) is 10.8. The van der Waals surface area contributed by atoms with Crippen LogP contribution in [0.4, 0.5) is 27.2 Å². The number of nitrogens with zero attached hydrogens (tertiary/aromatic N) is 8. The summed E-state index contributed by atoms with van der Waals surface area (Å²) in [7, 11) is 0. The molecular weight excluding hydrogens is 822 g/mol. The predicted molar refractivity (Wildman–Crippen MR) is 215 cm³/mol. The number of aromatic nitrogens is 5. The van der Waals surface area contributed by atoms with Crippen LogP contribution in [0.25, 0.3) is 16.8 Å². The van der Waals surface area contributed by atoms with Crippen molar-refractivity contribution in [3.05, 3.63) is 120 Å². The lowest BCUT2D eigenvalue weighted by molar-refractivity contribution is -0.135. The molecule has 3 heterocycles. The molecule has 1 aliphatic heterocycles. The van der Waals surface area contributed by atoms with Gasteiger partial charge in [-0.05, 0) is 59.1 Å². The van der Waals surface area contributed by atoms with E-state index in [0.29, 0.717) is 51.0 Å². The van der Waals surface area contributed by atoms with Crippen molar-refractivity contribution in [3.63, 3.8) is 0 Å². The van der Waals surface area contributed by atoms with E-state index in [0.717, 1.165) is 4.90 Å². The molecule has 61 heavy (non-hydrogen) atoms. The summed E-state index contributed by atoms with van der Waals surface area (Å²) >= 11 is 6.62. The summed E-state index contributed by atoms with van der Waals surface area (Å²) in [4.78, 5) is 54.0. The van der Waals surface area contributed by atoms with Gasteiger partial charge in [-0.2, -0.15) is 19.0 Å². The zero-order valence-corrected chi connectivity index (χ0v) is 34.1. The van der Waals surface area contributed by atoms with Crippen molar-refractivity contribution in [2.75, 3.05) is 13.2 Å². The second kappa shape index (κ2) is 17.7. The van der Waals surface area contributed by atoms with Gasteiger partial charge < -0.3 is 9.47 Å². The van der Waals surface area contributed by atoms with Gasteiger partial charge in [0.15, 0.2) is 5.54 Å². The molecule has 19 heteroatoms. The zero-order chi connectivity index (χ0) is 43.5. The first-order valence-corrected chi connectivity index (χ1v) is 19.7. The number of hydrogen-bond donors (Lipinski definition) is 1. The largest absolute Gasteiger partial charge is 0.447 e. The molecule has 14 nitrogen and oxygen atoms in total. The number of alkyl halides is 4. The highest BCUT2D eigenvalue weighted by atomic mass is 35.5. The van der Waals surface area contributed by atoms with Crippen LogP contribution in [0.1, 0.15) is 69.3 Å². The van der Waals surface area contributed by atoms with Crippen LogP contribution in [-0.4, -0.2) is 84.0 Å². The van der Waals surface area contributed by atoms with E-state index in [-0.39, 0.29) is 24.0 Å². The molecule has 5 aromatic rings. The third kappa shape index (κ3) is 9.85. The normalized spacial score (nSPS) is 17.1. The molecule has 1 aliphatic carbocycles. The topological polar surface area (TPSA) is 149 Å². The lowest BCUT2D eigenvalue weighted by Crippen LogP contribution is -2.50. The van der Waals surface area contributed by atoms with E-state index in [1.165, 1.54) is 34.6 Å². The van der Waals surface area contributed by atoms with E-state index >= 15 is 4.79 Å². The maximum absolute atomic E-state index is 15.6. The smallest absolute Gasteiger partial charge is 0.414 e. The number of nitrogens with one attached hydrogen (secondary N) is 1. The van der Waals surface area contributed by atoms with Crippen LogP contribution in [0.2, 0.25) is 5.02 Å². The Kier molecular flexibility index (Phi) is 12.4. The van der Waals surface area contributed by atoms with Crippen molar-refractivity contribution in [2.24, 2.45) is 10.4 Å². The number of carbonyl (C=O) groups is 3. The molecule has 1 N–H and O–H groups in total. The van der Waals surface area contributed by atoms with Crippen LogP contribution in [-0.2, 0) is 26.4 Å². The second-order valence-corrected chi connectivity index (χ2v) is 16.3. The number of ether oxygens (including phenoxy) is 2. The highest BCUT2D eigenvalue weighted by Crippen LogP contribution is 2.46. The van der Waals surface area contributed by atoms with Crippen molar-refractivity contribution in [1.29, 1.82) is 0 Å². The first-order valence-electron chi connectivity index (χ1n) is 19.3. The maximum Gasteiger partial charge on any atom is 0.414 e. The minimum Gasteiger partial charge on any atom is -0.447 e. The third-order valence-electron chi connectivity index (χ3n) is 10.1. The molecule has 0 spiro atoms. The van der Waals surface area contributed by atoms with Crippen molar-refractivity contribution in [3.8, 4) is 16.8 Å². The van der Waals surface area contributed by atoms with Gasteiger partial charge >= 0.3 is 18.7 Å². The summed E-state index contributed by atoms with van der Waals surface area (Å²) in [6.07, 6.45) is 1.57. The fourth-order valence-electron chi connectivity index (χ4n) is 7.22. The van der Waals surface area contributed by atoms with Crippen LogP contribution < -0.4 is 5.32 Å². The van der Waals surface area contributed by atoms with Crippen molar-refractivity contribution in [2.45, 2.75) is 77.2 Å². The number of amides is 3. The SMILES string of the molecule is CC(C)(C)CC1(c2ccc(-c3cnn(C(F)F)c3)cc2)N=C(NC(=O)OCc2ccccc2)N(C(COC(=O)N(CC(F)F)C2CC2)c2ccc(Cl)c(-n3cncn3)c2)C1=O. The Labute approximate surface area is 353 Å². The van der Waals surface area contributed by atoms with Crippen LogP contribution in [0, 0.1) is 5.41 Å². The van der Waals surface area contributed by atoms with Crippen LogP contribution in [0.5, 0.6) is 0 Å². The highest BCUT2D eigenvalue weighted by molar-refractivity contribution is 6.32. The van der Waals surface area contributed by atoms with Gasteiger partial charge in [-0.1, -0.05) is 93.0 Å². The molecule has 7 rings (SSSR count). The quantitative estimate of drug-likeness (QED) is 0.109. The summed E-state index contributed by atoms with van der Waals surface area (Å²) < 4.78 is 67.3. The van der Waals surface area contributed by atoms with E-state index in [2.05, 4.69) is 20.5 Å². The van der Waals surface area contributed by atoms with E-state index < -0.39 is 67.3 Å². The van der Waals surface area contributed by atoms with Gasteiger partial charge in [0.25, 0.3) is 12.3 Å². The zero-order valence-electron chi connectivity index (χ0n) is 33.3.